The van der Waals surface area contributed by atoms with E-state index >= 15 is 0 Å². The molecule has 0 bridgehead atoms. The molecule has 9 nitrogen and oxygen atoms in total. The van der Waals surface area contributed by atoms with Crippen LogP contribution in [0, 0.1) is 17.8 Å². The standard InChI is InChI=1S/C31H51N3O6/c1-22(2)34(31(36)24-10-13-28(39-6)29(17-24)40-15-7-14-37-4)21-26-19-32-18-25(26)20-33(3)30(35)16-23-8-11-27(38-5)12-9-23/h10,13,17,22-23,25-27,32H,7-9,11-12,14-16,18-21H2,1-6H3/t23-,25-,26-,27+/m0/s1. The normalized spacial score (nSPS) is 22.8. The maximum Gasteiger partial charge on any atom is 0.254 e. The molecule has 226 valence electrons. The average molecular weight is 562 g/mol. The van der Waals surface area contributed by atoms with E-state index in [0.717, 1.165) is 45.2 Å². The highest BCUT2D eigenvalue weighted by Gasteiger charge is 2.33. The number of nitrogens with one attached hydrogen (secondary N) is 1. The Labute approximate surface area is 240 Å². The van der Waals surface area contributed by atoms with Gasteiger partial charge in [0.25, 0.3) is 5.91 Å². The fourth-order valence-electron chi connectivity index (χ4n) is 5.90. The van der Waals surface area contributed by atoms with E-state index in [0.29, 0.717) is 67.7 Å². The van der Waals surface area contributed by atoms with Gasteiger partial charge in [-0.2, -0.15) is 0 Å². The molecule has 3 rings (SSSR count). The molecule has 0 aromatic heterocycles. The highest BCUT2D eigenvalue weighted by molar-refractivity contribution is 5.95. The van der Waals surface area contributed by atoms with Crippen LogP contribution >= 0.6 is 0 Å². The number of hydrogen-bond acceptors (Lipinski definition) is 7. The Kier molecular flexibility index (Phi) is 13.0. The monoisotopic (exact) mass is 561 g/mol. The Balaban J connectivity index is 1.60. The molecule has 0 unspecified atom stereocenters. The third-order valence-corrected chi connectivity index (χ3v) is 8.48. The van der Waals surface area contributed by atoms with Crippen LogP contribution < -0.4 is 14.8 Å². The van der Waals surface area contributed by atoms with Gasteiger partial charge in [-0.15, -0.1) is 0 Å². The fraction of sp³-hybridized carbons (Fsp3) is 0.742. The number of carbonyl (C=O) groups is 2. The SMILES string of the molecule is COCCCOc1cc(C(=O)N(C[C@@H]2CNC[C@H]2CN(C)C(=O)C[C@H]2CC[C@@H](OC)CC2)C(C)C)ccc1OC. The van der Waals surface area contributed by atoms with Crippen LogP contribution in [-0.2, 0) is 14.3 Å². The molecule has 1 aliphatic heterocycles. The van der Waals surface area contributed by atoms with Crippen molar-refractivity contribution in [2.75, 3.05) is 67.8 Å². The second-order valence-electron chi connectivity index (χ2n) is 11.6. The lowest BCUT2D eigenvalue weighted by Crippen LogP contribution is -2.44. The minimum absolute atomic E-state index is 0.0267. The maximum absolute atomic E-state index is 13.7. The first-order valence-electron chi connectivity index (χ1n) is 14.9. The summed E-state index contributed by atoms with van der Waals surface area (Å²) in [5.74, 6) is 2.37. The van der Waals surface area contributed by atoms with E-state index in [1.807, 2.05) is 16.8 Å². The van der Waals surface area contributed by atoms with E-state index in [1.165, 1.54) is 0 Å². The number of benzene rings is 1. The van der Waals surface area contributed by atoms with Gasteiger partial charge < -0.3 is 34.1 Å². The summed E-state index contributed by atoms with van der Waals surface area (Å²) in [7, 11) is 6.96. The van der Waals surface area contributed by atoms with Gasteiger partial charge in [-0.3, -0.25) is 9.59 Å². The maximum atomic E-state index is 13.7. The lowest BCUT2D eigenvalue weighted by Gasteiger charge is -2.33. The Bertz CT molecular complexity index is 934. The molecule has 1 saturated heterocycles. The predicted octanol–water partition coefficient (Wildman–Crippen LogP) is 3.85. The van der Waals surface area contributed by atoms with Crippen LogP contribution in [0.5, 0.6) is 11.5 Å². The molecule has 1 saturated carbocycles. The summed E-state index contributed by atoms with van der Waals surface area (Å²) in [6.45, 7) is 8.20. The van der Waals surface area contributed by atoms with E-state index in [2.05, 4.69) is 19.2 Å². The van der Waals surface area contributed by atoms with Crippen LogP contribution in [0.2, 0.25) is 0 Å². The predicted molar refractivity (Wildman–Crippen MR) is 156 cm³/mol. The fourth-order valence-corrected chi connectivity index (χ4v) is 5.90. The largest absolute Gasteiger partial charge is 0.493 e. The zero-order valence-electron chi connectivity index (χ0n) is 25.4. The third kappa shape index (κ3) is 9.08. The van der Waals surface area contributed by atoms with Gasteiger partial charge in [-0.1, -0.05) is 0 Å². The number of rotatable bonds is 15. The smallest absolute Gasteiger partial charge is 0.254 e. The molecule has 2 fully saturated rings. The van der Waals surface area contributed by atoms with Gasteiger partial charge in [0, 0.05) is 78.5 Å². The summed E-state index contributed by atoms with van der Waals surface area (Å²) in [6.07, 6.45) is 5.91. The molecule has 40 heavy (non-hydrogen) atoms. The number of carbonyl (C=O) groups excluding carboxylic acids is 2. The van der Waals surface area contributed by atoms with E-state index in [4.69, 9.17) is 18.9 Å². The van der Waals surface area contributed by atoms with Gasteiger partial charge in [-0.25, -0.2) is 0 Å². The van der Waals surface area contributed by atoms with Crippen molar-refractivity contribution < 1.29 is 28.5 Å². The number of hydrogen-bond donors (Lipinski definition) is 1. The van der Waals surface area contributed by atoms with E-state index in [1.54, 1.807) is 39.5 Å². The summed E-state index contributed by atoms with van der Waals surface area (Å²) in [6, 6.07) is 5.40. The quantitative estimate of drug-likeness (QED) is 0.326. The topological polar surface area (TPSA) is 89.6 Å². The van der Waals surface area contributed by atoms with Crippen molar-refractivity contribution in [2.45, 2.75) is 64.5 Å². The van der Waals surface area contributed by atoms with E-state index in [-0.39, 0.29) is 23.8 Å². The van der Waals surface area contributed by atoms with Crippen LogP contribution in [0.1, 0.15) is 62.7 Å². The first-order chi connectivity index (χ1) is 19.3. The van der Waals surface area contributed by atoms with Crippen LogP contribution in [0.3, 0.4) is 0 Å². The molecule has 1 heterocycles. The second-order valence-corrected chi connectivity index (χ2v) is 11.6. The van der Waals surface area contributed by atoms with Gasteiger partial charge in [0.15, 0.2) is 11.5 Å². The Hall–Kier alpha value is -2.36. The molecule has 1 aromatic carbocycles. The molecule has 1 N–H and O–H groups in total. The van der Waals surface area contributed by atoms with Gasteiger partial charge in [0.2, 0.25) is 5.91 Å². The summed E-state index contributed by atoms with van der Waals surface area (Å²) >= 11 is 0. The molecule has 0 radical (unpaired) electrons. The zero-order valence-corrected chi connectivity index (χ0v) is 25.4. The molecular weight excluding hydrogens is 510 g/mol. The number of ether oxygens (including phenoxy) is 4. The van der Waals surface area contributed by atoms with Crippen molar-refractivity contribution in [1.29, 1.82) is 0 Å². The molecule has 0 spiro atoms. The molecule has 2 amide bonds. The molecule has 2 atom stereocenters. The van der Waals surface area contributed by atoms with E-state index < -0.39 is 0 Å². The van der Waals surface area contributed by atoms with Gasteiger partial charge >= 0.3 is 0 Å². The molecular formula is C31H51N3O6. The lowest BCUT2D eigenvalue weighted by atomic mass is 9.85. The third-order valence-electron chi connectivity index (χ3n) is 8.48. The van der Waals surface area contributed by atoms with Crippen molar-refractivity contribution in [1.82, 2.24) is 15.1 Å². The summed E-state index contributed by atoms with van der Waals surface area (Å²) in [4.78, 5) is 30.6. The van der Waals surface area contributed by atoms with Gasteiger partial charge in [0.05, 0.1) is 19.8 Å². The van der Waals surface area contributed by atoms with Crippen LogP contribution in [0.25, 0.3) is 0 Å². The first-order valence-corrected chi connectivity index (χ1v) is 14.9. The van der Waals surface area contributed by atoms with Gasteiger partial charge in [-0.05, 0) is 75.5 Å². The highest BCUT2D eigenvalue weighted by atomic mass is 16.5. The van der Waals surface area contributed by atoms with Crippen molar-refractivity contribution in [2.24, 2.45) is 17.8 Å². The minimum atomic E-state index is -0.0267. The van der Waals surface area contributed by atoms with E-state index in [9.17, 15) is 9.59 Å². The minimum Gasteiger partial charge on any atom is -0.493 e. The number of nitrogens with zero attached hydrogens (tertiary/aromatic N) is 2. The zero-order chi connectivity index (χ0) is 29.1. The summed E-state index contributed by atoms with van der Waals surface area (Å²) < 4.78 is 21.9. The van der Waals surface area contributed by atoms with Crippen LogP contribution in [-0.4, -0.2) is 102 Å². The molecule has 1 aromatic rings. The highest BCUT2D eigenvalue weighted by Crippen LogP contribution is 2.31. The van der Waals surface area contributed by atoms with Crippen LogP contribution in [0.4, 0.5) is 0 Å². The Morgan fingerprint density at radius 1 is 0.975 bits per heavy atom. The molecule has 1 aliphatic carbocycles. The van der Waals surface area contributed by atoms with Crippen molar-refractivity contribution in [3.8, 4) is 11.5 Å². The summed E-state index contributed by atoms with van der Waals surface area (Å²) in [5.41, 5.74) is 0.578. The number of amides is 2. The second kappa shape index (κ2) is 16.2. The lowest BCUT2D eigenvalue weighted by molar-refractivity contribution is -0.132. The van der Waals surface area contributed by atoms with Gasteiger partial charge in [0.1, 0.15) is 0 Å². The van der Waals surface area contributed by atoms with Crippen molar-refractivity contribution >= 4 is 11.8 Å². The first kappa shape index (κ1) is 32.2. The van der Waals surface area contributed by atoms with Crippen molar-refractivity contribution in [3.05, 3.63) is 23.8 Å². The molecule has 9 heteroatoms. The van der Waals surface area contributed by atoms with Crippen molar-refractivity contribution in [3.63, 3.8) is 0 Å². The average Bonchev–Trinajstić information content (AvgIpc) is 3.40. The summed E-state index contributed by atoms with van der Waals surface area (Å²) in [5, 5.41) is 3.50. The Morgan fingerprint density at radius 3 is 2.30 bits per heavy atom. The number of methoxy groups -OCH3 is 3. The molecule has 2 aliphatic rings. The van der Waals surface area contributed by atoms with Crippen LogP contribution in [0.15, 0.2) is 18.2 Å². The Morgan fingerprint density at radius 2 is 1.68 bits per heavy atom.